The van der Waals surface area contributed by atoms with Crippen molar-refractivity contribution < 1.29 is 19.7 Å². The molecule has 0 aliphatic carbocycles. The van der Waals surface area contributed by atoms with Gasteiger partial charge in [-0.15, -0.1) is 0 Å². The van der Waals surface area contributed by atoms with E-state index in [-0.39, 0.29) is 18.1 Å². The van der Waals surface area contributed by atoms with Crippen molar-refractivity contribution in [2.24, 2.45) is 0 Å². The highest BCUT2D eigenvalue weighted by Crippen LogP contribution is 2.18. The first-order chi connectivity index (χ1) is 8.17. The fourth-order valence-corrected chi connectivity index (χ4v) is 1.66. The Kier molecular flexibility index (Phi) is 2.97. The Morgan fingerprint density at radius 3 is 2.94 bits per heavy atom. The van der Waals surface area contributed by atoms with Crippen molar-refractivity contribution in [3.8, 4) is 5.75 Å². The van der Waals surface area contributed by atoms with Gasteiger partial charge in [-0.3, -0.25) is 4.40 Å². The number of carbonyl (C=O) groups is 1. The molecule has 2 N–H and O–H groups in total. The van der Waals surface area contributed by atoms with E-state index in [1.807, 2.05) is 0 Å². The number of imidazole rings is 1. The number of ether oxygens (including phenoxy) is 1. The maximum Gasteiger partial charge on any atom is 0.358 e. The van der Waals surface area contributed by atoms with Crippen molar-refractivity contribution in [2.75, 3.05) is 13.7 Å². The number of aliphatic hydroxyl groups excluding tert-OH is 1. The van der Waals surface area contributed by atoms with E-state index in [1.165, 1.54) is 19.4 Å². The molecule has 0 spiro atoms. The first-order valence-corrected chi connectivity index (χ1v) is 5.06. The van der Waals surface area contributed by atoms with Crippen LogP contribution < -0.4 is 0 Å². The molecule has 2 rings (SSSR count). The van der Waals surface area contributed by atoms with E-state index in [1.54, 1.807) is 10.5 Å². The molecule has 90 valence electrons. The molecule has 0 saturated carbocycles. The van der Waals surface area contributed by atoms with E-state index in [0.717, 1.165) is 0 Å². The summed E-state index contributed by atoms with van der Waals surface area (Å²) in [5.74, 6) is 0.0154. The van der Waals surface area contributed by atoms with Gasteiger partial charge in [0.25, 0.3) is 0 Å². The summed E-state index contributed by atoms with van der Waals surface area (Å²) in [5, 5.41) is 18.3. The van der Waals surface area contributed by atoms with Crippen LogP contribution in [0.1, 0.15) is 16.3 Å². The average Bonchev–Trinajstić information content (AvgIpc) is 2.67. The number of pyridine rings is 1. The Morgan fingerprint density at radius 1 is 1.53 bits per heavy atom. The molecule has 0 aliphatic rings. The van der Waals surface area contributed by atoms with E-state index in [4.69, 9.17) is 5.11 Å². The van der Waals surface area contributed by atoms with Gasteiger partial charge in [-0.25, -0.2) is 9.78 Å². The lowest BCUT2D eigenvalue weighted by Gasteiger charge is -1.99. The molecule has 0 fully saturated rings. The minimum absolute atomic E-state index is 0.0607. The summed E-state index contributed by atoms with van der Waals surface area (Å²) in [4.78, 5) is 15.6. The number of hydrogen-bond acceptors (Lipinski definition) is 5. The topological polar surface area (TPSA) is 84.1 Å². The normalized spacial score (nSPS) is 10.7. The summed E-state index contributed by atoms with van der Waals surface area (Å²) in [6.45, 7) is -0.0879. The summed E-state index contributed by atoms with van der Waals surface area (Å²) in [7, 11) is 1.28. The van der Waals surface area contributed by atoms with Crippen molar-refractivity contribution in [2.45, 2.75) is 6.42 Å². The highest BCUT2D eigenvalue weighted by molar-refractivity contribution is 5.95. The van der Waals surface area contributed by atoms with Crippen LogP contribution in [-0.2, 0) is 11.2 Å². The third-order valence-electron chi connectivity index (χ3n) is 2.41. The second-order valence-corrected chi connectivity index (χ2v) is 3.48. The lowest BCUT2D eigenvalue weighted by Crippen LogP contribution is -2.02. The molecule has 0 radical (unpaired) electrons. The Labute approximate surface area is 97.1 Å². The lowest BCUT2D eigenvalue weighted by atomic mass is 10.3. The Hall–Kier alpha value is -2.08. The Balaban J connectivity index is 2.66. The van der Waals surface area contributed by atoms with Gasteiger partial charge in [0, 0.05) is 6.42 Å². The SMILES string of the molecule is COC(=O)c1nc(CCO)n2cc(O)ccc12. The maximum atomic E-state index is 11.5. The Morgan fingerprint density at radius 2 is 2.29 bits per heavy atom. The molecular formula is C11H12N2O4. The molecule has 17 heavy (non-hydrogen) atoms. The van der Waals surface area contributed by atoms with E-state index in [2.05, 4.69) is 9.72 Å². The van der Waals surface area contributed by atoms with Crippen LogP contribution in [0.25, 0.3) is 5.52 Å². The first-order valence-electron chi connectivity index (χ1n) is 5.06. The molecule has 2 aromatic heterocycles. The zero-order chi connectivity index (χ0) is 12.4. The van der Waals surface area contributed by atoms with Crippen LogP contribution in [0, 0.1) is 0 Å². The summed E-state index contributed by atoms with van der Waals surface area (Å²) < 4.78 is 6.19. The van der Waals surface area contributed by atoms with Crippen molar-refractivity contribution in [1.82, 2.24) is 9.38 Å². The fraction of sp³-hybridized carbons (Fsp3) is 0.273. The second kappa shape index (κ2) is 4.42. The molecule has 0 unspecified atom stereocenters. The largest absolute Gasteiger partial charge is 0.506 e. The van der Waals surface area contributed by atoms with Gasteiger partial charge in [0.1, 0.15) is 11.6 Å². The number of carbonyl (C=O) groups excluding carboxylic acids is 1. The van der Waals surface area contributed by atoms with Gasteiger partial charge in [-0.05, 0) is 12.1 Å². The van der Waals surface area contributed by atoms with Crippen LogP contribution in [0.3, 0.4) is 0 Å². The summed E-state index contributed by atoms with van der Waals surface area (Å²) in [5.41, 5.74) is 0.717. The van der Waals surface area contributed by atoms with E-state index >= 15 is 0 Å². The maximum absolute atomic E-state index is 11.5. The number of hydrogen-bond donors (Lipinski definition) is 2. The van der Waals surface area contributed by atoms with Crippen molar-refractivity contribution >= 4 is 11.5 Å². The molecule has 0 atom stereocenters. The van der Waals surface area contributed by atoms with E-state index in [0.29, 0.717) is 17.8 Å². The van der Waals surface area contributed by atoms with Crippen molar-refractivity contribution in [3.63, 3.8) is 0 Å². The van der Waals surface area contributed by atoms with Crippen LogP contribution >= 0.6 is 0 Å². The quantitative estimate of drug-likeness (QED) is 0.752. The third kappa shape index (κ3) is 1.94. The number of esters is 1. The summed E-state index contributed by atoms with van der Waals surface area (Å²) in [6, 6.07) is 3.04. The molecule has 2 heterocycles. The van der Waals surface area contributed by atoms with Crippen LogP contribution in [0.5, 0.6) is 5.75 Å². The van der Waals surface area contributed by atoms with Crippen molar-refractivity contribution in [3.05, 3.63) is 29.8 Å². The predicted molar refractivity (Wildman–Crippen MR) is 59.0 cm³/mol. The number of aromatic nitrogens is 2. The molecule has 2 aromatic rings. The number of aromatic hydroxyl groups is 1. The van der Waals surface area contributed by atoms with Crippen LogP contribution in [0.2, 0.25) is 0 Å². The molecule has 0 bridgehead atoms. The standard InChI is InChI=1S/C11H12N2O4/c1-17-11(16)10-8-3-2-7(15)6-13(8)9(12-10)4-5-14/h2-3,6,14-15H,4-5H2,1H3. The van der Waals surface area contributed by atoms with Crippen LogP contribution in [-0.4, -0.2) is 39.3 Å². The van der Waals surface area contributed by atoms with Gasteiger partial charge >= 0.3 is 5.97 Å². The first kappa shape index (κ1) is 11.4. The smallest absolute Gasteiger partial charge is 0.358 e. The highest BCUT2D eigenvalue weighted by Gasteiger charge is 2.17. The number of rotatable bonds is 3. The zero-order valence-corrected chi connectivity index (χ0v) is 9.25. The molecule has 6 heteroatoms. The van der Waals surface area contributed by atoms with Crippen LogP contribution in [0.4, 0.5) is 0 Å². The summed E-state index contributed by atoms with van der Waals surface area (Å²) in [6.07, 6.45) is 1.74. The monoisotopic (exact) mass is 236 g/mol. The molecule has 6 nitrogen and oxygen atoms in total. The highest BCUT2D eigenvalue weighted by atomic mass is 16.5. The summed E-state index contributed by atoms with van der Waals surface area (Å²) >= 11 is 0. The Bertz CT molecular complexity index is 562. The number of fused-ring (bicyclic) bond motifs is 1. The van der Waals surface area contributed by atoms with Gasteiger partial charge in [-0.2, -0.15) is 0 Å². The predicted octanol–water partition coefficient (Wildman–Crippen LogP) is 0.361. The van der Waals surface area contributed by atoms with Gasteiger partial charge in [-0.1, -0.05) is 0 Å². The number of nitrogens with zero attached hydrogens (tertiary/aromatic N) is 2. The average molecular weight is 236 g/mol. The molecule has 0 aromatic carbocycles. The van der Waals surface area contributed by atoms with E-state index in [9.17, 15) is 9.90 Å². The molecular weight excluding hydrogens is 224 g/mol. The fourth-order valence-electron chi connectivity index (χ4n) is 1.66. The number of aliphatic hydroxyl groups is 1. The van der Waals surface area contributed by atoms with Gasteiger partial charge < -0.3 is 14.9 Å². The molecule has 0 aliphatic heterocycles. The minimum Gasteiger partial charge on any atom is -0.506 e. The second-order valence-electron chi connectivity index (χ2n) is 3.48. The van der Waals surface area contributed by atoms with Gasteiger partial charge in [0.2, 0.25) is 0 Å². The van der Waals surface area contributed by atoms with E-state index < -0.39 is 5.97 Å². The molecule has 0 amide bonds. The lowest BCUT2D eigenvalue weighted by molar-refractivity contribution is 0.0596. The van der Waals surface area contributed by atoms with Gasteiger partial charge in [0.15, 0.2) is 5.69 Å². The number of methoxy groups -OCH3 is 1. The van der Waals surface area contributed by atoms with Crippen LogP contribution in [0.15, 0.2) is 18.3 Å². The van der Waals surface area contributed by atoms with Gasteiger partial charge in [0.05, 0.1) is 25.4 Å². The zero-order valence-electron chi connectivity index (χ0n) is 9.25. The minimum atomic E-state index is -0.544. The third-order valence-corrected chi connectivity index (χ3v) is 2.41. The van der Waals surface area contributed by atoms with Crippen molar-refractivity contribution in [1.29, 1.82) is 0 Å². The molecule has 0 saturated heterocycles.